The van der Waals surface area contributed by atoms with Crippen molar-refractivity contribution in [2.45, 2.75) is 26.4 Å². The zero-order valence-corrected chi connectivity index (χ0v) is 11.2. The standard InChI is InChI=1S/C14H19FN2O2/c1-8-3-4-17(7-12(8)18)14(19)11-6-10(16)5-9(2)13(11)15/h5-6,8,12,18H,3-4,7,16H2,1-2H3. The fourth-order valence-electron chi connectivity index (χ4n) is 2.36. The molecule has 1 aromatic rings. The van der Waals surface area contributed by atoms with Crippen LogP contribution in [-0.2, 0) is 0 Å². The van der Waals surface area contributed by atoms with E-state index >= 15 is 0 Å². The highest BCUT2D eigenvalue weighted by atomic mass is 19.1. The van der Waals surface area contributed by atoms with E-state index in [4.69, 9.17) is 5.73 Å². The molecule has 1 amide bonds. The molecular weight excluding hydrogens is 247 g/mol. The molecule has 1 saturated heterocycles. The minimum Gasteiger partial charge on any atom is -0.399 e. The summed E-state index contributed by atoms with van der Waals surface area (Å²) >= 11 is 0. The van der Waals surface area contributed by atoms with Crippen molar-refractivity contribution in [3.8, 4) is 0 Å². The predicted octanol–water partition coefficient (Wildman–Crippen LogP) is 1.56. The number of anilines is 1. The number of aliphatic hydroxyl groups excluding tert-OH is 1. The SMILES string of the molecule is Cc1cc(N)cc(C(=O)N2CCC(C)C(O)C2)c1F. The summed E-state index contributed by atoms with van der Waals surface area (Å²) in [5.41, 5.74) is 6.37. The molecule has 5 heteroatoms. The number of aliphatic hydroxyl groups is 1. The maximum Gasteiger partial charge on any atom is 0.257 e. The Morgan fingerprint density at radius 1 is 1.53 bits per heavy atom. The minimum absolute atomic E-state index is 0.0146. The number of likely N-dealkylation sites (tertiary alicyclic amines) is 1. The largest absolute Gasteiger partial charge is 0.399 e. The maximum atomic E-state index is 14.0. The molecule has 2 unspecified atom stereocenters. The van der Waals surface area contributed by atoms with Gasteiger partial charge in [-0.2, -0.15) is 0 Å². The predicted molar refractivity (Wildman–Crippen MR) is 71.2 cm³/mol. The summed E-state index contributed by atoms with van der Waals surface area (Å²) < 4.78 is 14.0. The van der Waals surface area contributed by atoms with E-state index in [1.807, 2.05) is 6.92 Å². The van der Waals surface area contributed by atoms with Gasteiger partial charge in [0.25, 0.3) is 5.91 Å². The third-order valence-corrected chi connectivity index (χ3v) is 3.71. The Morgan fingerprint density at radius 3 is 2.84 bits per heavy atom. The monoisotopic (exact) mass is 266 g/mol. The number of halogens is 1. The van der Waals surface area contributed by atoms with E-state index in [0.29, 0.717) is 17.8 Å². The molecule has 0 spiro atoms. The number of piperidine rings is 1. The normalized spacial score (nSPS) is 23.5. The Hall–Kier alpha value is -1.62. The smallest absolute Gasteiger partial charge is 0.257 e. The van der Waals surface area contributed by atoms with Gasteiger partial charge in [-0.1, -0.05) is 6.92 Å². The number of aryl methyl sites for hydroxylation is 1. The lowest BCUT2D eigenvalue weighted by Gasteiger charge is -2.34. The molecule has 0 bridgehead atoms. The van der Waals surface area contributed by atoms with Crippen molar-refractivity contribution in [1.29, 1.82) is 0 Å². The fraction of sp³-hybridized carbons (Fsp3) is 0.500. The van der Waals surface area contributed by atoms with Crippen LogP contribution in [0, 0.1) is 18.7 Å². The number of hydrogen-bond acceptors (Lipinski definition) is 3. The Morgan fingerprint density at radius 2 is 2.21 bits per heavy atom. The quantitative estimate of drug-likeness (QED) is 0.758. The zero-order valence-electron chi connectivity index (χ0n) is 11.2. The summed E-state index contributed by atoms with van der Waals surface area (Å²) in [4.78, 5) is 13.8. The maximum absolute atomic E-state index is 14.0. The second-order valence-corrected chi connectivity index (χ2v) is 5.28. The van der Waals surface area contributed by atoms with Gasteiger partial charge in [0.2, 0.25) is 0 Å². The van der Waals surface area contributed by atoms with Gasteiger partial charge in [0, 0.05) is 18.8 Å². The number of carbonyl (C=O) groups excluding carboxylic acids is 1. The van der Waals surface area contributed by atoms with Gasteiger partial charge in [-0.3, -0.25) is 4.79 Å². The highest BCUT2D eigenvalue weighted by Gasteiger charge is 2.29. The van der Waals surface area contributed by atoms with Crippen LogP contribution in [0.3, 0.4) is 0 Å². The first-order valence-electron chi connectivity index (χ1n) is 6.43. The van der Waals surface area contributed by atoms with E-state index in [9.17, 15) is 14.3 Å². The number of benzene rings is 1. The molecule has 0 aliphatic carbocycles. The van der Waals surface area contributed by atoms with Crippen LogP contribution in [0.1, 0.15) is 29.3 Å². The van der Waals surface area contributed by atoms with Crippen LogP contribution in [0.5, 0.6) is 0 Å². The molecule has 0 saturated carbocycles. The van der Waals surface area contributed by atoms with Gasteiger partial charge in [0.05, 0.1) is 11.7 Å². The number of rotatable bonds is 1. The third kappa shape index (κ3) is 2.71. The summed E-state index contributed by atoms with van der Waals surface area (Å²) in [5, 5.41) is 9.81. The van der Waals surface area contributed by atoms with Crippen molar-refractivity contribution >= 4 is 11.6 Å². The molecule has 1 fully saturated rings. The van der Waals surface area contributed by atoms with Gasteiger partial charge in [-0.15, -0.1) is 0 Å². The van der Waals surface area contributed by atoms with Gasteiger partial charge in [-0.05, 0) is 37.0 Å². The number of nitrogen functional groups attached to an aromatic ring is 1. The molecule has 2 atom stereocenters. The molecule has 1 aliphatic rings. The Bertz CT molecular complexity index is 504. The first-order valence-corrected chi connectivity index (χ1v) is 6.43. The second kappa shape index (κ2) is 5.17. The third-order valence-electron chi connectivity index (χ3n) is 3.71. The topological polar surface area (TPSA) is 66.6 Å². The van der Waals surface area contributed by atoms with E-state index in [2.05, 4.69) is 0 Å². The van der Waals surface area contributed by atoms with Crippen molar-refractivity contribution in [3.63, 3.8) is 0 Å². The number of carbonyl (C=O) groups is 1. The van der Waals surface area contributed by atoms with Crippen LogP contribution in [0.4, 0.5) is 10.1 Å². The number of amides is 1. The second-order valence-electron chi connectivity index (χ2n) is 5.28. The lowest BCUT2D eigenvalue weighted by Crippen LogP contribution is -2.46. The molecule has 0 aromatic heterocycles. The van der Waals surface area contributed by atoms with Crippen LogP contribution in [-0.4, -0.2) is 35.1 Å². The Balaban J connectivity index is 2.25. The van der Waals surface area contributed by atoms with E-state index in [0.717, 1.165) is 6.42 Å². The molecule has 19 heavy (non-hydrogen) atoms. The molecule has 3 N–H and O–H groups in total. The highest BCUT2D eigenvalue weighted by molar-refractivity contribution is 5.95. The molecular formula is C14H19FN2O2. The summed E-state index contributed by atoms with van der Waals surface area (Å²) in [5.74, 6) is -0.775. The molecule has 1 aromatic carbocycles. The minimum atomic E-state index is -0.553. The van der Waals surface area contributed by atoms with Crippen LogP contribution in [0.2, 0.25) is 0 Å². The molecule has 1 aliphatic heterocycles. The van der Waals surface area contributed by atoms with Gasteiger partial charge in [0.1, 0.15) is 5.82 Å². The average Bonchev–Trinajstić information content (AvgIpc) is 2.36. The highest BCUT2D eigenvalue weighted by Crippen LogP contribution is 2.22. The van der Waals surface area contributed by atoms with Crippen LogP contribution < -0.4 is 5.73 Å². The first-order chi connectivity index (χ1) is 8.90. The van der Waals surface area contributed by atoms with E-state index in [1.165, 1.54) is 17.0 Å². The summed E-state index contributed by atoms with van der Waals surface area (Å²) in [6.45, 7) is 4.30. The average molecular weight is 266 g/mol. The van der Waals surface area contributed by atoms with Crippen LogP contribution >= 0.6 is 0 Å². The Labute approximate surface area is 112 Å². The lowest BCUT2D eigenvalue weighted by atomic mass is 9.95. The van der Waals surface area contributed by atoms with Crippen molar-refractivity contribution < 1.29 is 14.3 Å². The number of nitrogens with two attached hydrogens (primary N) is 1. The number of β-amino-alcohol motifs (C(OH)–C–C–N with tert-alkyl or cyclic N) is 1. The van der Waals surface area contributed by atoms with Gasteiger partial charge in [-0.25, -0.2) is 4.39 Å². The Kier molecular flexibility index (Phi) is 3.75. The molecule has 1 heterocycles. The van der Waals surface area contributed by atoms with Gasteiger partial charge < -0.3 is 15.7 Å². The summed E-state index contributed by atoms with van der Waals surface area (Å²) in [7, 11) is 0. The van der Waals surface area contributed by atoms with Gasteiger partial charge >= 0.3 is 0 Å². The zero-order chi connectivity index (χ0) is 14.2. The van der Waals surface area contributed by atoms with Crippen LogP contribution in [0.25, 0.3) is 0 Å². The van der Waals surface area contributed by atoms with E-state index in [1.54, 1.807) is 6.92 Å². The van der Waals surface area contributed by atoms with Crippen LogP contribution in [0.15, 0.2) is 12.1 Å². The van der Waals surface area contributed by atoms with Crippen molar-refractivity contribution in [3.05, 3.63) is 29.1 Å². The van der Waals surface area contributed by atoms with Crippen molar-refractivity contribution in [2.75, 3.05) is 18.8 Å². The molecule has 104 valence electrons. The summed E-state index contributed by atoms with van der Waals surface area (Å²) in [6, 6.07) is 2.86. The summed E-state index contributed by atoms with van der Waals surface area (Å²) in [6.07, 6.45) is 0.165. The molecule has 2 rings (SSSR count). The molecule has 0 radical (unpaired) electrons. The first kappa shape index (κ1) is 13.8. The van der Waals surface area contributed by atoms with Crippen molar-refractivity contribution in [2.24, 2.45) is 5.92 Å². The lowest BCUT2D eigenvalue weighted by molar-refractivity contribution is 0.0246. The number of nitrogens with zero attached hydrogens (tertiary/aromatic N) is 1. The number of hydrogen-bond donors (Lipinski definition) is 2. The van der Waals surface area contributed by atoms with Gasteiger partial charge in [0.15, 0.2) is 0 Å². The molecule has 4 nitrogen and oxygen atoms in total. The fourth-order valence-corrected chi connectivity index (χ4v) is 2.36. The van der Waals surface area contributed by atoms with E-state index in [-0.39, 0.29) is 18.0 Å². The van der Waals surface area contributed by atoms with Crippen molar-refractivity contribution in [1.82, 2.24) is 4.90 Å². The van der Waals surface area contributed by atoms with E-state index < -0.39 is 17.8 Å².